The molecule has 0 aliphatic carbocycles. The Kier molecular flexibility index (Phi) is 4.60. The van der Waals surface area contributed by atoms with E-state index in [1.807, 2.05) is 25.1 Å². The van der Waals surface area contributed by atoms with Gasteiger partial charge in [0, 0.05) is 41.4 Å². The molecule has 1 aromatic heterocycles. The van der Waals surface area contributed by atoms with Crippen LogP contribution in [0.1, 0.15) is 31.7 Å². The molecule has 6 nitrogen and oxygen atoms in total. The fourth-order valence-corrected chi connectivity index (χ4v) is 3.92. The van der Waals surface area contributed by atoms with E-state index in [4.69, 9.17) is 0 Å². The van der Waals surface area contributed by atoms with Crippen molar-refractivity contribution in [1.29, 1.82) is 0 Å². The number of aliphatic imine (C=N–C) groups is 1. The molecule has 0 amide bonds. The third-order valence-corrected chi connectivity index (χ3v) is 5.47. The quantitative estimate of drug-likeness (QED) is 0.632. The van der Waals surface area contributed by atoms with Gasteiger partial charge < -0.3 is 15.5 Å². The zero-order valence-corrected chi connectivity index (χ0v) is 16.5. The Morgan fingerprint density at radius 3 is 2.59 bits per heavy atom. The summed E-state index contributed by atoms with van der Waals surface area (Å²) < 4.78 is 0. The molecule has 5 rings (SSSR count). The zero-order chi connectivity index (χ0) is 19.6. The number of rotatable bonds is 3. The molecule has 2 aliphatic heterocycles. The molecule has 1 fully saturated rings. The van der Waals surface area contributed by atoms with Crippen LogP contribution in [0.5, 0.6) is 0 Å². The maximum absolute atomic E-state index is 4.69. The first-order chi connectivity index (χ1) is 14.3. The van der Waals surface area contributed by atoms with Crippen molar-refractivity contribution in [2.24, 2.45) is 4.99 Å². The Morgan fingerprint density at radius 1 is 0.966 bits per heavy atom. The molecule has 0 unspecified atom stereocenters. The summed E-state index contributed by atoms with van der Waals surface area (Å²) in [6.07, 6.45) is 5.66. The van der Waals surface area contributed by atoms with Gasteiger partial charge in [0.2, 0.25) is 5.95 Å². The first kappa shape index (κ1) is 17.7. The highest BCUT2D eigenvalue weighted by molar-refractivity contribution is 6.07. The van der Waals surface area contributed by atoms with Crippen LogP contribution >= 0.6 is 0 Å². The van der Waals surface area contributed by atoms with Gasteiger partial charge in [0.25, 0.3) is 0 Å². The highest BCUT2D eigenvalue weighted by Gasteiger charge is 2.16. The summed E-state index contributed by atoms with van der Waals surface area (Å²) in [5, 5.41) is 6.71. The minimum Gasteiger partial charge on any atom is -0.372 e. The second kappa shape index (κ2) is 7.54. The van der Waals surface area contributed by atoms with Crippen LogP contribution in [-0.2, 0) is 0 Å². The number of piperidine rings is 1. The Hall–Kier alpha value is -3.41. The summed E-state index contributed by atoms with van der Waals surface area (Å²) >= 11 is 0. The van der Waals surface area contributed by atoms with Crippen molar-refractivity contribution in [3.8, 4) is 0 Å². The average molecular weight is 384 g/mol. The third kappa shape index (κ3) is 3.66. The predicted octanol–water partition coefficient (Wildman–Crippen LogP) is 5.41. The van der Waals surface area contributed by atoms with E-state index in [1.165, 1.54) is 24.9 Å². The van der Waals surface area contributed by atoms with Gasteiger partial charge >= 0.3 is 0 Å². The summed E-state index contributed by atoms with van der Waals surface area (Å²) in [6.45, 7) is 4.30. The van der Waals surface area contributed by atoms with E-state index in [0.29, 0.717) is 11.8 Å². The largest absolute Gasteiger partial charge is 0.372 e. The van der Waals surface area contributed by atoms with E-state index in [0.717, 1.165) is 41.4 Å². The van der Waals surface area contributed by atoms with Crippen LogP contribution in [-0.4, -0.2) is 28.8 Å². The minimum absolute atomic E-state index is 0.550. The zero-order valence-electron chi connectivity index (χ0n) is 16.5. The molecule has 0 spiro atoms. The summed E-state index contributed by atoms with van der Waals surface area (Å²) in [5.41, 5.74) is 6.02. The SMILES string of the molecule is CC1=Nc2cnc(Nc3ccc(N4CCCCC4)cc3)nc2Nc2ccccc21. The number of benzene rings is 2. The Morgan fingerprint density at radius 2 is 1.76 bits per heavy atom. The molecular weight excluding hydrogens is 360 g/mol. The summed E-state index contributed by atoms with van der Waals surface area (Å²) in [4.78, 5) is 16.3. The van der Waals surface area contributed by atoms with Gasteiger partial charge in [-0.1, -0.05) is 18.2 Å². The maximum Gasteiger partial charge on any atom is 0.229 e. The monoisotopic (exact) mass is 384 g/mol. The average Bonchev–Trinajstić information content (AvgIpc) is 2.90. The van der Waals surface area contributed by atoms with Gasteiger partial charge in [0.15, 0.2) is 5.82 Å². The minimum atomic E-state index is 0.550. The molecule has 6 heteroatoms. The van der Waals surface area contributed by atoms with Crippen molar-refractivity contribution in [1.82, 2.24) is 9.97 Å². The topological polar surface area (TPSA) is 65.4 Å². The molecule has 0 bridgehead atoms. The van der Waals surface area contributed by atoms with Crippen LogP contribution < -0.4 is 15.5 Å². The number of nitrogens with zero attached hydrogens (tertiary/aromatic N) is 4. The van der Waals surface area contributed by atoms with Crippen LogP contribution in [0.25, 0.3) is 0 Å². The van der Waals surface area contributed by atoms with Crippen LogP contribution in [0.2, 0.25) is 0 Å². The number of fused-ring (bicyclic) bond motifs is 2. The molecule has 1 saturated heterocycles. The second-order valence-corrected chi connectivity index (χ2v) is 7.51. The van der Waals surface area contributed by atoms with Crippen molar-refractivity contribution in [3.63, 3.8) is 0 Å². The van der Waals surface area contributed by atoms with Crippen LogP contribution in [0.15, 0.2) is 59.7 Å². The lowest BCUT2D eigenvalue weighted by Gasteiger charge is -2.28. The molecule has 2 N–H and O–H groups in total. The highest BCUT2D eigenvalue weighted by atomic mass is 15.2. The lowest BCUT2D eigenvalue weighted by atomic mass is 10.1. The predicted molar refractivity (Wildman–Crippen MR) is 119 cm³/mol. The van der Waals surface area contributed by atoms with Crippen molar-refractivity contribution in [2.75, 3.05) is 28.6 Å². The molecule has 0 saturated carbocycles. The highest BCUT2D eigenvalue weighted by Crippen LogP contribution is 2.33. The van der Waals surface area contributed by atoms with Crippen molar-refractivity contribution in [2.45, 2.75) is 26.2 Å². The van der Waals surface area contributed by atoms with Gasteiger partial charge in [0.1, 0.15) is 5.69 Å². The molecule has 2 aliphatic rings. The number of hydrogen-bond acceptors (Lipinski definition) is 6. The maximum atomic E-state index is 4.69. The van der Waals surface area contributed by atoms with Crippen LogP contribution in [0.3, 0.4) is 0 Å². The molecular formula is C23H24N6. The summed E-state index contributed by atoms with van der Waals surface area (Å²) in [7, 11) is 0. The third-order valence-electron chi connectivity index (χ3n) is 5.47. The van der Waals surface area contributed by atoms with E-state index >= 15 is 0 Å². The van der Waals surface area contributed by atoms with E-state index in [9.17, 15) is 0 Å². The smallest absolute Gasteiger partial charge is 0.229 e. The van der Waals surface area contributed by atoms with Gasteiger partial charge in [-0.2, -0.15) is 4.98 Å². The fourth-order valence-electron chi connectivity index (χ4n) is 3.92. The van der Waals surface area contributed by atoms with Gasteiger partial charge in [-0.15, -0.1) is 0 Å². The Labute approximate surface area is 170 Å². The summed E-state index contributed by atoms with van der Waals surface area (Å²) in [5.74, 6) is 1.26. The molecule has 3 heterocycles. The van der Waals surface area contributed by atoms with Gasteiger partial charge in [-0.3, -0.25) is 0 Å². The van der Waals surface area contributed by atoms with Crippen molar-refractivity contribution < 1.29 is 0 Å². The number of aromatic nitrogens is 2. The number of para-hydroxylation sites is 1. The van der Waals surface area contributed by atoms with Crippen molar-refractivity contribution in [3.05, 3.63) is 60.3 Å². The molecule has 146 valence electrons. The first-order valence-electron chi connectivity index (χ1n) is 10.2. The number of hydrogen-bond donors (Lipinski definition) is 2. The van der Waals surface area contributed by atoms with E-state index in [-0.39, 0.29) is 0 Å². The molecule has 2 aromatic carbocycles. The lowest BCUT2D eigenvalue weighted by molar-refractivity contribution is 0.578. The number of nitrogens with one attached hydrogen (secondary N) is 2. The Bertz CT molecular complexity index is 1050. The van der Waals surface area contributed by atoms with E-state index in [2.05, 4.69) is 60.8 Å². The van der Waals surface area contributed by atoms with Gasteiger partial charge in [0.05, 0.1) is 6.20 Å². The first-order valence-corrected chi connectivity index (χ1v) is 10.2. The van der Waals surface area contributed by atoms with Crippen LogP contribution in [0.4, 0.5) is 34.5 Å². The van der Waals surface area contributed by atoms with Crippen molar-refractivity contribution >= 4 is 40.2 Å². The van der Waals surface area contributed by atoms with E-state index < -0.39 is 0 Å². The number of anilines is 5. The van der Waals surface area contributed by atoms with E-state index in [1.54, 1.807) is 6.20 Å². The van der Waals surface area contributed by atoms with Crippen LogP contribution in [0, 0.1) is 0 Å². The standard InChI is InChI=1S/C23H24N6/c1-16-19-7-3-4-8-20(19)27-22-21(25-16)15-24-23(28-22)26-17-9-11-18(12-10-17)29-13-5-2-6-14-29/h3-4,7-12,15H,2,5-6,13-14H2,1H3,(H2,24,26,27,28). The molecule has 29 heavy (non-hydrogen) atoms. The molecule has 3 aromatic rings. The normalized spacial score (nSPS) is 15.5. The second-order valence-electron chi connectivity index (χ2n) is 7.51. The Balaban J connectivity index is 1.37. The van der Waals surface area contributed by atoms with Gasteiger partial charge in [-0.25, -0.2) is 9.98 Å². The molecule has 0 atom stereocenters. The molecule has 0 radical (unpaired) electrons. The van der Waals surface area contributed by atoms with Gasteiger partial charge in [-0.05, 0) is 56.5 Å². The summed E-state index contributed by atoms with van der Waals surface area (Å²) in [6, 6.07) is 16.6. The fraction of sp³-hybridized carbons (Fsp3) is 0.261. The lowest BCUT2D eigenvalue weighted by Crippen LogP contribution is -2.29.